The van der Waals surface area contributed by atoms with E-state index in [1.807, 2.05) is 6.07 Å². The Morgan fingerprint density at radius 1 is 1.09 bits per heavy atom. The molecule has 184 valence electrons. The Morgan fingerprint density at radius 3 is 2.66 bits per heavy atom. The van der Waals surface area contributed by atoms with Gasteiger partial charge in [0.2, 0.25) is 11.8 Å². The lowest BCUT2D eigenvalue weighted by atomic mass is 9.98. The number of anilines is 1. The molecule has 6 nitrogen and oxygen atoms in total. The van der Waals surface area contributed by atoms with Crippen LogP contribution in [-0.4, -0.2) is 48.9 Å². The maximum absolute atomic E-state index is 13.0. The number of benzene rings is 2. The summed E-state index contributed by atoms with van der Waals surface area (Å²) in [6, 6.07) is 17.2. The lowest BCUT2D eigenvalue weighted by molar-refractivity contribution is -0.122. The molecule has 0 radical (unpaired) electrons. The molecule has 6 heteroatoms. The number of likely N-dealkylation sites (tertiary alicyclic amines) is 1. The van der Waals surface area contributed by atoms with Gasteiger partial charge in [0.25, 0.3) is 0 Å². The van der Waals surface area contributed by atoms with Crippen molar-refractivity contribution in [2.24, 2.45) is 11.8 Å². The Hall–Kier alpha value is -3.25. The molecule has 2 saturated heterocycles. The minimum atomic E-state index is -0.491. The average molecular weight is 475 g/mol. The number of hydrogen-bond donors (Lipinski definition) is 0. The summed E-state index contributed by atoms with van der Waals surface area (Å²) in [5.74, 6) is -1.20. The molecule has 2 atom stereocenters. The van der Waals surface area contributed by atoms with Crippen LogP contribution < -0.4 is 4.90 Å². The predicted octanol–water partition coefficient (Wildman–Crippen LogP) is 4.64. The van der Waals surface area contributed by atoms with Gasteiger partial charge in [0.05, 0.1) is 23.8 Å². The Morgan fingerprint density at radius 2 is 1.86 bits per heavy atom. The molecule has 2 aliphatic rings. The van der Waals surface area contributed by atoms with Gasteiger partial charge >= 0.3 is 5.97 Å². The van der Waals surface area contributed by atoms with Gasteiger partial charge in [-0.1, -0.05) is 48.5 Å². The highest BCUT2D eigenvalue weighted by Crippen LogP contribution is 2.31. The number of ether oxygens (including phenoxy) is 1. The molecule has 2 unspecified atom stereocenters. The number of piperidine rings is 1. The van der Waals surface area contributed by atoms with E-state index in [4.69, 9.17) is 4.74 Å². The van der Waals surface area contributed by atoms with Crippen LogP contribution >= 0.6 is 0 Å². The standard InChI is InChI=1S/C29H34N2O4/c1-2-10-24-19-27(32)31(28(24)33)26-16-7-6-15-25(26)29(34)35-21-23-14-9-18-30(20-23)17-8-13-22-11-4-3-5-12-22/h2-7,11-12,15-16,23-24H,1,8-10,13-14,17-21H2. The molecule has 0 saturated carbocycles. The Bertz CT molecular complexity index is 1050. The van der Waals surface area contributed by atoms with Crippen LogP contribution in [0.25, 0.3) is 0 Å². The highest BCUT2D eigenvalue weighted by Gasteiger charge is 2.40. The molecule has 2 aromatic carbocycles. The average Bonchev–Trinajstić information content (AvgIpc) is 3.16. The molecule has 0 bridgehead atoms. The first-order valence-electron chi connectivity index (χ1n) is 12.6. The highest BCUT2D eigenvalue weighted by molar-refractivity contribution is 6.22. The SMILES string of the molecule is C=CCC1CC(=O)N(c2ccccc2C(=O)OCC2CCCN(CCCc3ccccc3)C2)C1=O. The first-order chi connectivity index (χ1) is 17.1. The Labute approximate surface area is 207 Å². The topological polar surface area (TPSA) is 66.9 Å². The molecule has 0 N–H and O–H groups in total. The third-order valence-corrected chi connectivity index (χ3v) is 6.89. The van der Waals surface area contributed by atoms with Crippen molar-refractivity contribution in [3.05, 3.63) is 78.4 Å². The third-order valence-electron chi connectivity index (χ3n) is 6.89. The van der Waals surface area contributed by atoms with Crippen molar-refractivity contribution in [2.45, 2.75) is 38.5 Å². The smallest absolute Gasteiger partial charge is 0.340 e. The summed E-state index contributed by atoms with van der Waals surface area (Å²) in [4.78, 5) is 42.0. The van der Waals surface area contributed by atoms with E-state index in [-0.39, 0.29) is 29.7 Å². The maximum atomic E-state index is 13.0. The molecule has 2 amide bonds. The number of nitrogens with zero attached hydrogens (tertiary/aromatic N) is 2. The Kier molecular flexibility index (Phi) is 8.48. The molecule has 2 fully saturated rings. The monoisotopic (exact) mass is 474 g/mol. The van der Waals surface area contributed by atoms with Gasteiger partial charge in [0, 0.05) is 18.9 Å². The van der Waals surface area contributed by atoms with Crippen molar-refractivity contribution >= 4 is 23.5 Å². The summed E-state index contributed by atoms with van der Waals surface area (Å²) in [6.45, 7) is 7.03. The molecular formula is C29H34N2O4. The van der Waals surface area contributed by atoms with Gasteiger partial charge in [-0.15, -0.1) is 6.58 Å². The second-order valence-electron chi connectivity index (χ2n) is 9.51. The van der Waals surface area contributed by atoms with Crippen LogP contribution in [0.1, 0.15) is 48.0 Å². The first-order valence-corrected chi connectivity index (χ1v) is 12.6. The number of allylic oxidation sites excluding steroid dienone is 1. The van der Waals surface area contributed by atoms with Gasteiger partial charge in [-0.25, -0.2) is 9.69 Å². The van der Waals surface area contributed by atoms with E-state index in [9.17, 15) is 14.4 Å². The second kappa shape index (κ2) is 11.9. The van der Waals surface area contributed by atoms with E-state index in [0.717, 1.165) is 50.2 Å². The van der Waals surface area contributed by atoms with Crippen LogP contribution in [0, 0.1) is 11.8 Å². The molecular weight excluding hydrogens is 440 g/mol. The van der Waals surface area contributed by atoms with Gasteiger partial charge in [-0.05, 0) is 62.9 Å². The number of para-hydroxylation sites is 1. The van der Waals surface area contributed by atoms with Crippen molar-refractivity contribution in [3.63, 3.8) is 0 Å². The zero-order chi connectivity index (χ0) is 24.6. The van der Waals surface area contributed by atoms with E-state index in [0.29, 0.717) is 18.7 Å². The number of amides is 2. The van der Waals surface area contributed by atoms with E-state index < -0.39 is 11.9 Å². The zero-order valence-corrected chi connectivity index (χ0v) is 20.2. The summed E-state index contributed by atoms with van der Waals surface area (Å²) >= 11 is 0. The highest BCUT2D eigenvalue weighted by atomic mass is 16.5. The zero-order valence-electron chi connectivity index (χ0n) is 20.2. The number of esters is 1. The lowest BCUT2D eigenvalue weighted by Gasteiger charge is -2.32. The third kappa shape index (κ3) is 6.25. The summed E-state index contributed by atoms with van der Waals surface area (Å²) in [5.41, 5.74) is 1.92. The molecule has 35 heavy (non-hydrogen) atoms. The van der Waals surface area contributed by atoms with Crippen LogP contribution in [0.15, 0.2) is 67.3 Å². The minimum absolute atomic E-state index is 0.135. The van der Waals surface area contributed by atoms with Crippen molar-refractivity contribution in [1.82, 2.24) is 4.90 Å². The molecule has 0 aromatic heterocycles. The number of aryl methyl sites for hydroxylation is 1. The molecule has 0 aliphatic carbocycles. The van der Waals surface area contributed by atoms with E-state index >= 15 is 0 Å². The normalized spacial score (nSPS) is 20.7. The molecule has 2 aromatic rings. The minimum Gasteiger partial charge on any atom is -0.462 e. The van der Waals surface area contributed by atoms with Gasteiger partial charge in [-0.2, -0.15) is 0 Å². The largest absolute Gasteiger partial charge is 0.462 e. The van der Waals surface area contributed by atoms with Crippen molar-refractivity contribution < 1.29 is 19.1 Å². The summed E-state index contributed by atoms with van der Waals surface area (Å²) in [7, 11) is 0. The van der Waals surface area contributed by atoms with Gasteiger partial charge in [0.15, 0.2) is 0 Å². The second-order valence-corrected chi connectivity index (χ2v) is 9.51. The van der Waals surface area contributed by atoms with E-state index in [1.165, 1.54) is 5.56 Å². The number of imide groups is 1. The van der Waals surface area contributed by atoms with Crippen LogP contribution in [0.4, 0.5) is 5.69 Å². The summed E-state index contributed by atoms with van der Waals surface area (Å²) < 4.78 is 5.70. The summed E-state index contributed by atoms with van der Waals surface area (Å²) in [5, 5.41) is 0. The van der Waals surface area contributed by atoms with E-state index in [2.05, 4.69) is 35.7 Å². The lowest BCUT2D eigenvalue weighted by Crippen LogP contribution is -2.38. The molecule has 2 aliphatic heterocycles. The van der Waals surface area contributed by atoms with E-state index in [1.54, 1.807) is 30.3 Å². The predicted molar refractivity (Wildman–Crippen MR) is 136 cm³/mol. The molecule has 4 rings (SSSR count). The molecule has 0 spiro atoms. The maximum Gasteiger partial charge on any atom is 0.340 e. The number of carbonyl (C=O) groups excluding carboxylic acids is 3. The van der Waals surface area contributed by atoms with Crippen molar-refractivity contribution in [2.75, 3.05) is 31.1 Å². The fraction of sp³-hybridized carbons (Fsp3) is 0.414. The fourth-order valence-electron chi connectivity index (χ4n) is 5.09. The quantitative estimate of drug-likeness (QED) is 0.285. The first kappa shape index (κ1) is 24.9. The summed E-state index contributed by atoms with van der Waals surface area (Å²) in [6.07, 6.45) is 6.51. The number of carbonyl (C=O) groups is 3. The fourth-order valence-corrected chi connectivity index (χ4v) is 5.09. The van der Waals surface area contributed by atoms with Gasteiger partial charge < -0.3 is 9.64 Å². The van der Waals surface area contributed by atoms with Gasteiger partial charge in [-0.3, -0.25) is 9.59 Å². The van der Waals surface area contributed by atoms with Crippen LogP contribution in [-0.2, 0) is 20.7 Å². The van der Waals surface area contributed by atoms with Crippen molar-refractivity contribution in [3.8, 4) is 0 Å². The molecule has 2 heterocycles. The van der Waals surface area contributed by atoms with Crippen LogP contribution in [0.2, 0.25) is 0 Å². The number of rotatable bonds is 10. The van der Waals surface area contributed by atoms with Crippen molar-refractivity contribution in [1.29, 1.82) is 0 Å². The van der Waals surface area contributed by atoms with Crippen LogP contribution in [0.5, 0.6) is 0 Å². The van der Waals surface area contributed by atoms with Crippen LogP contribution in [0.3, 0.4) is 0 Å². The Balaban J connectivity index is 1.31. The van der Waals surface area contributed by atoms with Gasteiger partial charge in [0.1, 0.15) is 0 Å². The number of hydrogen-bond acceptors (Lipinski definition) is 5.